The van der Waals surface area contributed by atoms with E-state index in [1.807, 2.05) is 0 Å². The number of ether oxygens (including phenoxy) is 3. The molecule has 0 amide bonds. The second kappa shape index (κ2) is 15.0. The summed E-state index contributed by atoms with van der Waals surface area (Å²) in [4.78, 5) is 11.7. The number of hydrogen-bond donors (Lipinski definition) is 1. The van der Waals surface area contributed by atoms with Gasteiger partial charge in [-0.1, -0.05) is 6.92 Å². The lowest BCUT2D eigenvalue weighted by Gasteiger charge is -2.21. The van der Waals surface area contributed by atoms with Crippen LogP contribution >= 0.6 is 0 Å². The van der Waals surface area contributed by atoms with Crippen molar-refractivity contribution in [2.24, 2.45) is 5.92 Å². The van der Waals surface area contributed by atoms with Crippen LogP contribution in [0.4, 0.5) is 43.9 Å². The molecule has 5 nitrogen and oxygen atoms in total. The first-order valence-electron chi connectivity index (χ1n) is 10.8. The first-order chi connectivity index (χ1) is 15.9. The monoisotopic (exact) mass is 540 g/mol. The average molecular weight is 540 g/mol. The van der Waals surface area contributed by atoms with E-state index in [1.54, 1.807) is 6.92 Å². The van der Waals surface area contributed by atoms with Crippen molar-refractivity contribution in [2.45, 2.75) is 88.8 Å². The maximum absolute atomic E-state index is 12.9. The molecule has 0 aromatic heterocycles. The van der Waals surface area contributed by atoms with Gasteiger partial charge in [-0.2, -0.15) is 43.9 Å². The van der Waals surface area contributed by atoms with Crippen LogP contribution in [-0.4, -0.2) is 68.0 Å². The first kappa shape index (κ1) is 33.7. The summed E-state index contributed by atoms with van der Waals surface area (Å²) in [5.41, 5.74) is 0. The zero-order valence-electron chi connectivity index (χ0n) is 19.0. The predicted molar refractivity (Wildman–Crippen MR) is 102 cm³/mol. The minimum Gasteiger partial charge on any atom is -0.465 e. The third-order valence-corrected chi connectivity index (χ3v) is 4.63. The van der Waals surface area contributed by atoms with Gasteiger partial charge in [0, 0.05) is 45.0 Å². The van der Waals surface area contributed by atoms with Crippen LogP contribution in [0.3, 0.4) is 0 Å². The Morgan fingerprint density at radius 3 is 1.57 bits per heavy atom. The molecule has 0 saturated carbocycles. The highest BCUT2D eigenvalue weighted by Gasteiger charge is 2.57. The molecule has 15 heteroatoms. The molecule has 0 rings (SSSR count). The van der Waals surface area contributed by atoms with E-state index in [9.17, 15) is 48.7 Å². The fourth-order valence-electron chi connectivity index (χ4n) is 2.42. The maximum Gasteiger partial charge on any atom is 0.453 e. The van der Waals surface area contributed by atoms with Crippen molar-refractivity contribution in [1.82, 2.24) is 0 Å². The Morgan fingerprint density at radius 1 is 0.771 bits per heavy atom. The van der Waals surface area contributed by atoms with Crippen molar-refractivity contribution < 1.29 is 68.0 Å². The van der Waals surface area contributed by atoms with E-state index in [-0.39, 0.29) is 58.0 Å². The van der Waals surface area contributed by atoms with Crippen molar-refractivity contribution in [2.75, 3.05) is 26.4 Å². The van der Waals surface area contributed by atoms with Crippen LogP contribution in [-0.2, 0) is 19.0 Å². The largest absolute Gasteiger partial charge is 0.465 e. The zero-order chi connectivity index (χ0) is 27.3. The van der Waals surface area contributed by atoms with Crippen LogP contribution in [0.15, 0.2) is 0 Å². The minimum atomic E-state index is -5.68. The Morgan fingerprint density at radius 2 is 1.20 bits per heavy atom. The van der Waals surface area contributed by atoms with E-state index in [0.717, 1.165) is 0 Å². The molecule has 0 aliphatic rings. The van der Waals surface area contributed by atoms with Crippen molar-refractivity contribution in [3.8, 4) is 0 Å². The number of aliphatic hydroxyl groups is 1. The lowest BCUT2D eigenvalue weighted by molar-refractivity contribution is -0.285. The summed E-state index contributed by atoms with van der Waals surface area (Å²) in [7, 11) is 0. The topological polar surface area (TPSA) is 65.0 Å². The Kier molecular flexibility index (Phi) is 14.4. The van der Waals surface area contributed by atoms with Crippen LogP contribution in [0.25, 0.3) is 0 Å². The molecule has 0 fully saturated rings. The van der Waals surface area contributed by atoms with Crippen LogP contribution in [0, 0.1) is 5.92 Å². The van der Waals surface area contributed by atoms with Gasteiger partial charge in [-0.05, 0) is 25.7 Å². The maximum atomic E-state index is 12.9. The Balaban J connectivity index is 4.57. The van der Waals surface area contributed by atoms with Crippen molar-refractivity contribution in [3.05, 3.63) is 0 Å². The Bertz CT molecular complexity index is 560. The van der Waals surface area contributed by atoms with Crippen molar-refractivity contribution in [1.29, 1.82) is 0 Å². The molecule has 0 aromatic rings. The van der Waals surface area contributed by atoms with Crippen molar-refractivity contribution in [3.63, 3.8) is 0 Å². The van der Waals surface area contributed by atoms with Crippen LogP contribution in [0.2, 0.25) is 0 Å². The van der Waals surface area contributed by atoms with Crippen LogP contribution < -0.4 is 0 Å². The Labute approximate surface area is 196 Å². The first-order valence-corrected chi connectivity index (χ1v) is 10.8. The quantitative estimate of drug-likeness (QED) is 0.0996. The number of alkyl halides is 10. The molecule has 210 valence electrons. The predicted octanol–water partition coefficient (Wildman–Crippen LogP) is 6.03. The van der Waals surface area contributed by atoms with Gasteiger partial charge in [0.2, 0.25) is 0 Å². The molecule has 1 atom stereocenters. The lowest BCUT2D eigenvalue weighted by atomic mass is 10.1. The zero-order valence-corrected chi connectivity index (χ0v) is 19.0. The summed E-state index contributed by atoms with van der Waals surface area (Å²) >= 11 is 0. The van der Waals surface area contributed by atoms with E-state index < -0.39 is 62.1 Å². The van der Waals surface area contributed by atoms with Gasteiger partial charge in [-0.25, -0.2) is 0 Å². The number of esters is 1. The summed E-state index contributed by atoms with van der Waals surface area (Å²) in [5, 5.41) is 8.89. The molecule has 0 aliphatic heterocycles. The van der Waals surface area contributed by atoms with Gasteiger partial charge in [0.25, 0.3) is 0 Å². The number of hydrogen-bond acceptors (Lipinski definition) is 5. The van der Waals surface area contributed by atoms with Gasteiger partial charge in [-0.15, -0.1) is 0 Å². The number of unbranched alkanes of at least 4 members (excludes halogenated alkanes) is 2. The highest BCUT2D eigenvalue weighted by Crippen LogP contribution is 2.40. The number of carbonyl (C=O) groups is 1. The second-order valence-electron chi connectivity index (χ2n) is 8.00. The highest BCUT2D eigenvalue weighted by molar-refractivity contribution is 5.69. The Hall–Kier alpha value is -1.35. The summed E-state index contributed by atoms with van der Waals surface area (Å²) in [6.45, 7) is 0.626. The van der Waals surface area contributed by atoms with Gasteiger partial charge in [0.15, 0.2) is 6.29 Å². The summed E-state index contributed by atoms with van der Waals surface area (Å²) in [6.07, 6.45) is -17.5. The van der Waals surface area contributed by atoms with E-state index in [0.29, 0.717) is 0 Å². The summed E-state index contributed by atoms with van der Waals surface area (Å²) in [6, 6.07) is 0. The SMILES string of the molecule is CC(CO)COC(=O)CCC(OCCCCC(F)(F)C(F)(F)F)OCCCCC(F)(F)C(F)(F)F. The van der Waals surface area contributed by atoms with Gasteiger partial charge in [-0.3, -0.25) is 4.79 Å². The third kappa shape index (κ3) is 14.1. The summed E-state index contributed by atoms with van der Waals surface area (Å²) in [5.74, 6) is -10.8. The smallest absolute Gasteiger partial charge is 0.453 e. The van der Waals surface area contributed by atoms with E-state index in [4.69, 9.17) is 19.3 Å². The molecule has 35 heavy (non-hydrogen) atoms. The molecule has 0 radical (unpaired) electrons. The van der Waals surface area contributed by atoms with E-state index in [2.05, 4.69) is 0 Å². The van der Waals surface area contributed by atoms with Crippen LogP contribution in [0.5, 0.6) is 0 Å². The molecule has 0 aromatic carbocycles. The van der Waals surface area contributed by atoms with Crippen molar-refractivity contribution >= 4 is 5.97 Å². The van der Waals surface area contributed by atoms with E-state index in [1.165, 1.54) is 0 Å². The highest BCUT2D eigenvalue weighted by atomic mass is 19.4. The molecule has 0 aliphatic carbocycles. The van der Waals surface area contributed by atoms with Gasteiger partial charge < -0.3 is 19.3 Å². The summed E-state index contributed by atoms with van der Waals surface area (Å²) < 4.78 is 140. The fraction of sp³-hybridized carbons (Fsp3) is 0.950. The third-order valence-electron chi connectivity index (χ3n) is 4.63. The molecule has 0 saturated heterocycles. The second-order valence-corrected chi connectivity index (χ2v) is 8.00. The van der Waals surface area contributed by atoms with Crippen LogP contribution in [0.1, 0.15) is 58.3 Å². The number of halogens is 10. The van der Waals surface area contributed by atoms with Gasteiger partial charge >= 0.3 is 30.2 Å². The average Bonchev–Trinajstić information content (AvgIpc) is 2.72. The molecule has 1 N–H and O–H groups in total. The van der Waals surface area contributed by atoms with Gasteiger partial charge in [0.05, 0.1) is 13.0 Å². The molecule has 1 unspecified atom stereocenters. The van der Waals surface area contributed by atoms with Gasteiger partial charge in [0.1, 0.15) is 0 Å². The standard InChI is InChI=1S/C20H30F10O5/c1-14(12-31)13-35-15(32)6-7-16(33-10-4-2-8-17(21,22)19(25,26)27)34-11-5-3-9-18(23,24)20(28,29)30/h14,16,31H,2-13H2,1H3. The number of rotatable bonds is 18. The molecule has 0 bridgehead atoms. The number of carbonyl (C=O) groups excluding carboxylic acids is 1. The minimum absolute atomic E-state index is 0.0808. The molecular weight excluding hydrogens is 510 g/mol. The normalized spacial score (nSPS) is 14.4. The fourth-order valence-corrected chi connectivity index (χ4v) is 2.42. The molecule has 0 spiro atoms. The molecule has 0 heterocycles. The lowest BCUT2D eigenvalue weighted by Crippen LogP contribution is -2.36. The number of aliphatic hydroxyl groups excluding tert-OH is 1. The van der Waals surface area contributed by atoms with E-state index >= 15 is 0 Å². The molecular formula is C20H30F10O5.